The molecular formula is C20H20N2O3S2. The SMILES string of the molecule is COc1ccc(-c2nc3c(s2)CN(S(=O)(=O)c2ccc(C)cc2)CC3)cc1. The maximum Gasteiger partial charge on any atom is 0.243 e. The first-order chi connectivity index (χ1) is 13.0. The van der Waals surface area contributed by atoms with Crippen molar-refractivity contribution >= 4 is 21.4 Å². The fourth-order valence-electron chi connectivity index (χ4n) is 3.09. The molecule has 0 saturated heterocycles. The molecule has 4 rings (SSSR count). The van der Waals surface area contributed by atoms with Crippen molar-refractivity contribution in [1.29, 1.82) is 0 Å². The van der Waals surface area contributed by atoms with E-state index in [4.69, 9.17) is 9.72 Å². The molecule has 0 N–H and O–H groups in total. The number of nitrogens with zero attached hydrogens (tertiary/aromatic N) is 2. The van der Waals surface area contributed by atoms with Crippen LogP contribution in [0.3, 0.4) is 0 Å². The lowest BCUT2D eigenvalue weighted by atomic mass is 10.2. The number of thiazole rings is 1. The second-order valence-corrected chi connectivity index (χ2v) is 9.54. The van der Waals surface area contributed by atoms with Crippen molar-refractivity contribution in [3.8, 4) is 16.3 Å². The van der Waals surface area contributed by atoms with Crippen LogP contribution in [0.1, 0.15) is 16.1 Å². The minimum Gasteiger partial charge on any atom is -0.497 e. The Bertz CT molecular complexity index is 1060. The number of benzene rings is 2. The number of ether oxygens (including phenoxy) is 1. The summed E-state index contributed by atoms with van der Waals surface area (Å²) in [6, 6.07) is 14.8. The van der Waals surface area contributed by atoms with E-state index < -0.39 is 10.0 Å². The maximum absolute atomic E-state index is 13.0. The van der Waals surface area contributed by atoms with E-state index in [0.717, 1.165) is 32.5 Å². The van der Waals surface area contributed by atoms with Crippen molar-refractivity contribution in [2.45, 2.75) is 24.8 Å². The van der Waals surface area contributed by atoms with E-state index in [-0.39, 0.29) is 0 Å². The fraction of sp³-hybridized carbons (Fsp3) is 0.250. The second-order valence-electron chi connectivity index (χ2n) is 6.52. The summed E-state index contributed by atoms with van der Waals surface area (Å²) in [5.41, 5.74) is 3.06. The first kappa shape index (κ1) is 18.2. The third kappa shape index (κ3) is 3.50. The Morgan fingerprint density at radius 3 is 2.44 bits per heavy atom. The average molecular weight is 401 g/mol. The summed E-state index contributed by atoms with van der Waals surface area (Å²) in [7, 11) is -1.85. The number of methoxy groups -OCH3 is 1. The van der Waals surface area contributed by atoms with Gasteiger partial charge >= 0.3 is 0 Å². The van der Waals surface area contributed by atoms with E-state index in [9.17, 15) is 8.42 Å². The molecule has 1 aliphatic heterocycles. The number of aryl methyl sites for hydroxylation is 1. The zero-order valence-electron chi connectivity index (χ0n) is 15.2. The van der Waals surface area contributed by atoms with Gasteiger partial charge in [0.2, 0.25) is 10.0 Å². The number of hydrogen-bond donors (Lipinski definition) is 0. The van der Waals surface area contributed by atoms with Crippen LogP contribution in [-0.2, 0) is 23.0 Å². The molecule has 140 valence electrons. The summed E-state index contributed by atoms with van der Waals surface area (Å²) in [6.45, 7) is 2.77. The van der Waals surface area contributed by atoms with Crippen LogP contribution in [0.4, 0.5) is 0 Å². The molecule has 0 spiro atoms. The highest BCUT2D eigenvalue weighted by Crippen LogP contribution is 2.34. The normalized spacial score (nSPS) is 14.7. The molecule has 0 atom stereocenters. The summed E-state index contributed by atoms with van der Waals surface area (Å²) in [5, 5.41) is 0.914. The van der Waals surface area contributed by atoms with Crippen molar-refractivity contribution in [3.63, 3.8) is 0 Å². The zero-order chi connectivity index (χ0) is 19.0. The molecule has 0 saturated carbocycles. The van der Waals surface area contributed by atoms with Crippen molar-refractivity contribution in [2.75, 3.05) is 13.7 Å². The largest absolute Gasteiger partial charge is 0.497 e. The first-order valence-corrected chi connectivity index (χ1v) is 10.9. The molecule has 0 fully saturated rings. The molecule has 27 heavy (non-hydrogen) atoms. The summed E-state index contributed by atoms with van der Waals surface area (Å²) in [4.78, 5) is 6.09. The minimum absolute atomic E-state index is 0.344. The van der Waals surface area contributed by atoms with Crippen molar-refractivity contribution in [2.24, 2.45) is 0 Å². The van der Waals surface area contributed by atoms with Gasteiger partial charge in [0, 0.05) is 23.4 Å². The van der Waals surface area contributed by atoms with Crippen LogP contribution in [0.2, 0.25) is 0 Å². The number of fused-ring (bicyclic) bond motifs is 1. The molecule has 1 aliphatic rings. The number of aromatic nitrogens is 1. The second kappa shape index (κ2) is 7.07. The molecule has 0 unspecified atom stereocenters. The molecule has 5 nitrogen and oxygen atoms in total. The molecule has 2 aromatic carbocycles. The van der Waals surface area contributed by atoms with Gasteiger partial charge in [0.25, 0.3) is 0 Å². The Hall–Kier alpha value is -2.22. The zero-order valence-corrected chi connectivity index (χ0v) is 16.8. The molecule has 2 heterocycles. The minimum atomic E-state index is -3.49. The lowest BCUT2D eigenvalue weighted by Crippen LogP contribution is -2.35. The van der Waals surface area contributed by atoms with Crippen LogP contribution >= 0.6 is 11.3 Å². The van der Waals surface area contributed by atoms with E-state index >= 15 is 0 Å². The van der Waals surface area contributed by atoms with Crippen LogP contribution in [0.25, 0.3) is 10.6 Å². The standard InChI is InChI=1S/C20H20N2O3S2/c1-14-3-9-17(10-4-14)27(23,24)22-12-11-18-19(13-22)26-20(21-18)15-5-7-16(25-2)8-6-15/h3-10H,11-13H2,1-2H3. The molecule has 1 aromatic heterocycles. The number of rotatable bonds is 4. The van der Waals surface area contributed by atoms with Gasteiger partial charge < -0.3 is 4.74 Å². The number of hydrogen-bond acceptors (Lipinski definition) is 5. The van der Waals surface area contributed by atoms with Crippen molar-refractivity contribution < 1.29 is 13.2 Å². The summed E-state index contributed by atoms with van der Waals surface area (Å²) >= 11 is 1.56. The van der Waals surface area contributed by atoms with E-state index in [2.05, 4.69) is 0 Å². The molecule has 0 amide bonds. The van der Waals surface area contributed by atoms with Crippen molar-refractivity contribution in [3.05, 3.63) is 64.7 Å². The Labute approximate surface area is 163 Å². The Balaban J connectivity index is 1.59. The highest BCUT2D eigenvalue weighted by Gasteiger charge is 2.30. The molecule has 7 heteroatoms. The van der Waals surface area contributed by atoms with Crippen LogP contribution in [-0.4, -0.2) is 31.4 Å². The highest BCUT2D eigenvalue weighted by atomic mass is 32.2. The van der Waals surface area contributed by atoms with Gasteiger partial charge in [0.05, 0.1) is 24.2 Å². The van der Waals surface area contributed by atoms with Gasteiger partial charge in [-0.2, -0.15) is 4.31 Å². The highest BCUT2D eigenvalue weighted by molar-refractivity contribution is 7.89. The Morgan fingerprint density at radius 1 is 1.07 bits per heavy atom. The lowest BCUT2D eigenvalue weighted by molar-refractivity contribution is 0.393. The summed E-state index contributed by atoms with van der Waals surface area (Å²) in [6.07, 6.45) is 0.632. The van der Waals surface area contributed by atoms with Gasteiger partial charge in [-0.25, -0.2) is 13.4 Å². The molecule has 0 bridgehead atoms. The van der Waals surface area contributed by atoms with E-state index in [1.54, 1.807) is 34.9 Å². The predicted molar refractivity (Wildman–Crippen MR) is 107 cm³/mol. The topological polar surface area (TPSA) is 59.5 Å². The van der Waals surface area contributed by atoms with Gasteiger partial charge in [0.1, 0.15) is 10.8 Å². The molecular weight excluding hydrogens is 380 g/mol. The molecule has 0 aliphatic carbocycles. The Kier molecular flexibility index (Phi) is 4.75. The average Bonchev–Trinajstić information content (AvgIpc) is 3.12. The number of sulfonamides is 1. The molecule has 0 radical (unpaired) electrons. The van der Waals surface area contributed by atoms with E-state index in [1.165, 1.54) is 0 Å². The van der Waals surface area contributed by atoms with Crippen LogP contribution in [0.15, 0.2) is 53.4 Å². The monoisotopic (exact) mass is 400 g/mol. The quantitative estimate of drug-likeness (QED) is 0.667. The third-order valence-corrected chi connectivity index (χ3v) is 7.68. The maximum atomic E-state index is 13.0. The lowest BCUT2D eigenvalue weighted by Gasteiger charge is -2.25. The first-order valence-electron chi connectivity index (χ1n) is 8.67. The molecule has 3 aromatic rings. The van der Waals surface area contributed by atoms with E-state index in [0.29, 0.717) is 24.4 Å². The Morgan fingerprint density at radius 2 is 1.78 bits per heavy atom. The predicted octanol–water partition coefficient (Wildman–Crippen LogP) is 3.87. The fourth-order valence-corrected chi connectivity index (χ4v) is 5.71. The van der Waals surface area contributed by atoms with Crippen LogP contribution in [0, 0.1) is 6.92 Å². The summed E-state index contributed by atoms with van der Waals surface area (Å²) in [5.74, 6) is 0.801. The smallest absolute Gasteiger partial charge is 0.243 e. The summed E-state index contributed by atoms with van der Waals surface area (Å²) < 4.78 is 32.7. The van der Waals surface area contributed by atoms with Gasteiger partial charge in [-0.15, -0.1) is 11.3 Å². The van der Waals surface area contributed by atoms with Gasteiger partial charge in [0.15, 0.2) is 0 Å². The van der Waals surface area contributed by atoms with Crippen LogP contribution in [0.5, 0.6) is 5.75 Å². The van der Waals surface area contributed by atoms with Crippen LogP contribution < -0.4 is 4.74 Å². The van der Waals surface area contributed by atoms with Gasteiger partial charge in [-0.05, 0) is 43.3 Å². The van der Waals surface area contributed by atoms with E-state index in [1.807, 2.05) is 43.3 Å². The van der Waals surface area contributed by atoms with Gasteiger partial charge in [-0.1, -0.05) is 17.7 Å². The van der Waals surface area contributed by atoms with Gasteiger partial charge in [-0.3, -0.25) is 0 Å². The van der Waals surface area contributed by atoms with Crippen molar-refractivity contribution in [1.82, 2.24) is 9.29 Å². The third-order valence-electron chi connectivity index (χ3n) is 4.69.